The predicted molar refractivity (Wildman–Crippen MR) is 64.3 cm³/mol. The zero-order valence-electron chi connectivity index (χ0n) is 8.99. The normalized spacial score (nSPS) is 15.0. The highest BCUT2D eigenvalue weighted by atomic mass is 16.3. The summed E-state index contributed by atoms with van der Waals surface area (Å²) in [5, 5.41) is 6.80. The highest BCUT2D eigenvalue weighted by Gasteiger charge is 2.08. The van der Waals surface area contributed by atoms with Gasteiger partial charge >= 0.3 is 0 Å². The lowest BCUT2D eigenvalue weighted by Crippen LogP contribution is -2.16. The maximum Gasteiger partial charge on any atom is 0.133 e. The van der Waals surface area contributed by atoms with E-state index in [1.54, 1.807) is 6.26 Å². The van der Waals surface area contributed by atoms with Crippen molar-refractivity contribution >= 4 is 5.69 Å². The summed E-state index contributed by atoms with van der Waals surface area (Å²) in [6.45, 7) is 2.90. The lowest BCUT2D eigenvalue weighted by atomic mass is 10.1. The molecule has 0 saturated heterocycles. The second kappa shape index (κ2) is 4.02. The van der Waals surface area contributed by atoms with E-state index in [9.17, 15) is 0 Å². The summed E-state index contributed by atoms with van der Waals surface area (Å²) in [5.74, 6) is 0.918. The smallest absolute Gasteiger partial charge is 0.133 e. The van der Waals surface area contributed by atoms with Crippen LogP contribution >= 0.6 is 0 Å². The fourth-order valence-electron chi connectivity index (χ4n) is 2.00. The van der Waals surface area contributed by atoms with E-state index >= 15 is 0 Å². The summed E-state index contributed by atoms with van der Waals surface area (Å²) >= 11 is 0. The maximum absolute atomic E-state index is 5.40. The van der Waals surface area contributed by atoms with Crippen molar-refractivity contribution < 1.29 is 4.42 Å². The number of hydrogen-bond donors (Lipinski definition) is 2. The largest absolute Gasteiger partial charge is 0.464 e. The second-order valence-corrected chi connectivity index (χ2v) is 3.95. The number of benzene rings is 1. The Balaban J connectivity index is 2.01. The topological polar surface area (TPSA) is 37.2 Å². The molecule has 3 heteroatoms. The zero-order chi connectivity index (χ0) is 10.8. The third-order valence-electron chi connectivity index (χ3n) is 2.85. The lowest BCUT2D eigenvalue weighted by molar-refractivity contribution is 0.582. The highest BCUT2D eigenvalue weighted by molar-refractivity contribution is 5.66. The van der Waals surface area contributed by atoms with Crippen molar-refractivity contribution in [1.82, 2.24) is 5.32 Å². The first-order chi connectivity index (χ1) is 7.93. The van der Waals surface area contributed by atoms with Crippen LogP contribution in [0.25, 0.3) is 11.3 Å². The van der Waals surface area contributed by atoms with E-state index in [0.29, 0.717) is 0 Å². The fraction of sp³-hybridized carbons (Fsp3) is 0.231. The Morgan fingerprint density at radius 2 is 2.12 bits per heavy atom. The Kier molecular flexibility index (Phi) is 2.38. The van der Waals surface area contributed by atoms with Gasteiger partial charge in [-0.15, -0.1) is 0 Å². The van der Waals surface area contributed by atoms with Crippen molar-refractivity contribution in [3.8, 4) is 11.3 Å². The van der Waals surface area contributed by atoms with Crippen molar-refractivity contribution in [2.24, 2.45) is 0 Å². The van der Waals surface area contributed by atoms with Gasteiger partial charge in [0, 0.05) is 30.9 Å². The average molecular weight is 214 g/mol. The van der Waals surface area contributed by atoms with Crippen LogP contribution in [-0.2, 0) is 6.54 Å². The van der Waals surface area contributed by atoms with Crippen LogP contribution in [0.2, 0.25) is 0 Å². The van der Waals surface area contributed by atoms with E-state index in [1.165, 1.54) is 11.3 Å². The second-order valence-electron chi connectivity index (χ2n) is 3.95. The molecule has 0 fully saturated rings. The summed E-state index contributed by atoms with van der Waals surface area (Å²) < 4.78 is 5.40. The molecule has 0 amide bonds. The van der Waals surface area contributed by atoms with Gasteiger partial charge in [-0.05, 0) is 23.8 Å². The van der Waals surface area contributed by atoms with E-state index in [2.05, 4.69) is 28.8 Å². The molecular formula is C13H14N2O. The average Bonchev–Trinajstić information content (AvgIpc) is 2.74. The van der Waals surface area contributed by atoms with Gasteiger partial charge in [0.05, 0.1) is 6.26 Å². The minimum atomic E-state index is 0.918. The zero-order valence-corrected chi connectivity index (χ0v) is 8.99. The summed E-state index contributed by atoms with van der Waals surface area (Å²) in [4.78, 5) is 0. The number of nitrogens with one attached hydrogen (secondary N) is 2. The SMILES string of the molecule is c1coc(-c2ccc3c(c2)NCCNC3)c1. The molecule has 0 aliphatic carbocycles. The standard InChI is InChI=1S/C13H14N2O/c1-2-13(16-7-1)10-3-4-11-9-14-5-6-15-12(11)8-10/h1-4,7-8,14-15H,5-6,9H2. The number of furan rings is 1. The number of rotatable bonds is 1. The molecule has 3 rings (SSSR count). The molecule has 3 nitrogen and oxygen atoms in total. The molecule has 0 bridgehead atoms. The first kappa shape index (κ1) is 9.48. The van der Waals surface area contributed by atoms with Crippen LogP contribution in [0, 0.1) is 0 Å². The van der Waals surface area contributed by atoms with Crippen molar-refractivity contribution in [2.45, 2.75) is 6.54 Å². The first-order valence-electron chi connectivity index (χ1n) is 5.55. The van der Waals surface area contributed by atoms with Gasteiger partial charge in [-0.2, -0.15) is 0 Å². The molecule has 2 heterocycles. The summed E-state index contributed by atoms with van der Waals surface area (Å²) in [5.41, 5.74) is 3.64. The van der Waals surface area contributed by atoms with Crippen molar-refractivity contribution in [3.63, 3.8) is 0 Å². The van der Waals surface area contributed by atoms with Crippen molar-refractivity contribution in [1.29, 1.82) is 0 Å². The molecule has 1 aliphatic rings. The third-order valence-corrected chi connectivity index (χ3v) is 2.85. The van der Waals surface area contributed by atoms with E-state index in [0.717, 1.165) is 31.0 Å². The van der Waals surface area contributed by atoms with E-state index < -0.39 is 0 Å². The third kappa shape index (κ3) is 1.70. The Bertz CT molecular complexity index is 477. The monoisotopic (exact) mass is 214 g/mol. The molecule has 0 spiro atoms. The summed E-state index contributed by atoms with van der Waals surface area (Å²) in [6, 6.07) is 10.3. The quantitative estimate of drug-likeness (QED) is 0.765. The molecule has 0 unspecified atom stereocenters. The van der Waals surface area contributed by atoms with Crippen LogP contribution in [-0.4, -0.2) is 13.1 Å². The van der Waals surface area contributed by atoms with Gasteiger partial charge in [0.1, 0.15) is 5.76 Å². The van der Waals surface area contributed by atoms with Gasteiger partial charge in [-0.3, -0.25) is 0 Å². The van der Waals surface area contributed by atoms with E-state index in [4.69, 9.17) is 4.42 Å². The van der Waals surface area contributed by atoms with Crippen LogP contribution < -0.4 is 10.6 Å². The Morgan fingerprint density at radius 1 is 1.12 bits per heavy atom. The molecule has 1 aromatic heterocycles. The molecule has 82 valence electrons. The number of hydrogen-bond acceptors (Lipinski definition) is 3. The molecule has 16 heavy (non-hydrogen) atoms. The minimum Gasteiger partial charge on any atom is -0.464 e. The van der Waals surface area contributed by atoms with Gasteiger partial charge in [-0.1, -0.05) is 12.1 Å². The van der Waals surface area contributed by atoms with E-state index in [-0.39, 0.29) is 0 Å². The maximum atomic E-state index is 5.40. The predicted octanol–water partition coefficient (Wildman–Crippen LogP) is 2.46. The summed E-state index contributed by atoms with van der Waals surface area (Å²) in [6.07, 6.45) is 1.70. The van der Waals surface area contributed by atoms with Crippen LogP contribution in [0.1, 0.15) is 5.56 Å². The van der Waals surface area contributed by atoms with Gasteiger partial charge in [0.15, 0.2) is 0 Å². The van der Waals surface area contributed by atoms with Crippen molar-refractivity contribution in [2.75, 3.05) is 18.4 Å². The lowest BCUT2D eigenvalue weighted by Gasteiger charge is -2.08. The Morgan fingerprint density at radius 3 is 3.00 bits per heavy atom. The van der Waals surface area contributed by atoms with Gasteiger partial charge in [0.25, 0.3) is 0 Å². The summed E-state index contributed by atoms with van der Waals surface area (Å²) in [7, 11) is 0. The molecule has 0 radical (unpaired) electrons. The molecule has 0 saturated carbocycles. The molecular weight excluding hydrogens is 200 g/mol. The van der Waals surface area contributed by atoms with E-state index in [1.807, 2.05) is 12.1 Å². The molecule has 2 N–H and O–H groups in total. The Hall–Kier alpha value is -1.74. The molecule has 1 aliphatic heterocycles. The minimum absolute atomic E-state index is 0.918. The van der Waals surface area contributed by atoms with Crippen LogP contribution in [0.3, 0.4) is 0 Å². The van der Waals surface area contributed by atoms with Crippen LogP contribution in [0.5, 0.6) is 0 Å². The van der Waals surface area contributed by atoms with Crippen LogP contribution in [0.15, 0.2) is 41.0 Å². The fourth-order valence-corrected chi connectivity index (χ4v) is 2.00. The molecule has 2 aromatic rings. The first-order valence-corrected chi connectivity index (χ1v) is 5.55. The van der Waals surface area contributed by atoms with Gasteiger partial charge in [-0.25, -0.2) is 0 Å². The van der Waals surface area contributed by atoms with Crippen LogP contribution in [0.4, 0.5) is 5.69 Å². The highest BCUT2D eigenvalue weighted by Crippen LogP contribution is 2.26. The van der Waals surface area contributed by atoms with Crippen molar-refractivity contribution in [3.05, 3.63) is 42.2 Å². The number of fused-ring (bicyclic) bond motifs is 1. The van der Waals surface area contributed by atoms with Gasteiger partial charge < -0.3 is 15.1 Å². The Labute approximate surface area is 94.5 Å². The van der Waals surface area contributed by atoms with Gasteiger partial charge in [0.2, 0.25) is 0 Å². The molecule has 1 aromatic carbocycles. The molecule has 0 atom stereocenters. The number of anilines is 1.